The summed E-state index contributed by atoms with van der Waals surface area (Å²) in [6.45, 7) is 1.86. The van der Waals surface area contributed by atoms with Gasteiger partial charge < -0.3 is 19.9 Å². The molecule has 1 aliphatic carbocycles. The lowest BCUT2D eigenvalue weighted by Gasteiger charge is -2.28. The second kappa shape index (κ2) is 7.90. The number of aromatic amines is 1. The Morgan fingerprint density at radius 1 is 1.32 bits per heavy atom. The molecule has 7 nitrogen and oxygen atoms in total. The van der Waals surface area contributed by atoms with Crippen molar-refractivity contribution in [3.63, 3.8) is 0 Å². The second-order valence-electron chi connectivity index (χ2n) is 6.48. The Hall–Kier alpha value is -3.06. The number of amides is 2. The van der Waals surface area contributed by atoms with E-state index in [1.807, 2.05) is 6.92 Å². The molecule has 0 fully saturated rings. The Kier molecular flexibility index (Phi) is 5.56. The van der Waals surface area contributed by atoms with E-state index in [0.29, 0.717) is 11.1 Å². The van der Waals surface area contributed by atoms with E-state index in [1.165, 1.54) is 24.2 Å². The molecular formula is C20H20ClN3O4. The van der Waals surface area contributed by atoms with Crippen LogP contribution in [0.5, 0.6) is 5.75 Å². The molecule has 0 saturated carbocycles. The van der Waals surface area contributed by atoms with Crippen molar-refractivity contribution in [3.05, 3.63) is 63.6 Å². The molecule has 2 amide bonds. The van der Waals surface area contributed by atoms with Gasteiger partial charge in [-0.25, -0.2) is 4.79 Å². The van der Waals surface area contributed by atoms with Gasteiger partial charge in [0.15, 0.2) is 5.78 Å². The van der Waals surface area contributed by atoms with Crippen LogP contribution in [0.2, 0.25) is 0 Å². The number of H-pyrrole nitrogens is 1. The molecule has 0 bridgehead atoms. The van der Waals surface area contributed by atoms with E-state index in [2.05, 4.69) is 10.3 Å². The molecule has 1 aromatic heterocycles. The zero-order valence-electron chi connectivity index (χ0n) is 15.7. The predicted molar refractivity (Wildman–Crippen MR) is 108 cm³/mol. The van der Waals surface area contributed by atoms with Crippen molar-refractivity contribution in [1.82, 2.24) is 15.2 Å². The molecule has 1 aromatic carbocycles. The van der Waals surface area contributed by atoms with Gasteiger partial charge in [-0.2, -0.15) is 0 Å². The lowest BCUT2D eigenvalue weighted by Crippen LogP contribution is -2.43. The van der Waals surface area contributed by atoms with Crippen LogP contribution in [-0.2, 0) is 4.79 Å². The zero-order valence-corrected chi connectivity index (χ0v) is 16.4. The highest BCUT2D eigenvalue weighted by Crippen LogP contribution is 2.27. The van der Waals surface area contributed by atoms with Gasteiger partial charge in [0.05, 0.1) is 29.6 Å². The normalized spacial score (nSPS) is 17.2. The number of hydrogen-bond acceptors (Lipinski definition) is 4. The molecule has 1 heterocycles. The number of ether oxygens (including phenoxy) is 1. The van der Waals surface area contributed by atoms with Gasteiger partial charge in [-0.05, 0) is 42.2 Å². The first-order chi connectivity index (χ1) is 13.3. The van der Waals surface area contributed by atoms with Gasteiger partial charge in [-0.15, -0.1) is 0 Å². The third kappa shape index (κ3) is 3.80. The summed E-state index contributed by atoms with van der Waals surface area (Å²) in [6, 6.07) is 4.10. The smallest absolute Gasteiger partial charge is 0.318 e. The summed E-state index contributed by atoms with van der Waals surface area (Å²) >= 11 is 5.84. The van der Waals surface area contributed by atoms with E-state index in [0.717, 1.165) is 10.9 Å². The maximum absolute atomic E-state index is 12.6. The van der Waals surface area contributed by atoms with Gasteiger partial charge in [0.2, 0.25) is 0 Å². The molecule has 2 aromatic rings. The summed E-state index contributed by atoms with van der Waals surface area (Å²) in [5.41, 5.74) is 0.562. The predicted octanol–water partition coefficient (Wildman–Crippen LogP) is 2.87. The molecule has 3 rings (SSSR count). The summed E-state index contributed by atoms with van der Waals surface area (Å²) in [6.07, 6.45) is 6.01. The number of methoxy groups -OCH3 is 1. The summed E-state index contributed by atoms with van der Waals surface area (Å²) in [4.78, 5) is 40.5. The van der Waals surface area contributed by atoms with Gasteiger partial charge in [-0.1, -0.05) is 23.7 Å². The second-order valence-corrected chi connectivity index (χ2v) is 6.89. The SMILES string of the molecule is COc1ccc2c(C(C)N(C)C(=O)NC3C=CC(=O)C(Cl)=C3)c[nH]c(=O)c2c1. The highest BCUT2D eigenvalue weighted by molar-refractivity contribution is 6.44. The van der Waals surface area contributed by atoms with Gasteiger partial charge in [0.1, 0.15) is 5.75 Å². The number of rotatable bonds is 4. The third-order valence-electron chi connectivity index (χ3n) is 4.80. The van der Waals surface area contributed by atoms with E-state index >= 15 is 0 Å². The zero-order chi connectivity index (χ0) is 20.4. The maximum Gasteiger partial charge on any atom is 0.318 e. The molecule has 0 spiro atoms. The quantitative estimate of drug-likeness (QED) is 0.824. The molecule has 8 heteroatoms. The number of nitrogens with one attached hydrogen (secondary N) is 2. The van der Waals surface area contributed by atoms with E-state index in [1.54, 1.807) is 37.5 Å². The fraction of sp³-hybridized carbons (Fsp3) is 0.250. The molecule has 2 unspecified atom stereocenters. The number of nitrogens with zero attached hydrogens (tertiary/aromatic N) is 1. The number of carbonyl (C=O) groups excluding carboxylic acids is 2. The minimum atomic E-state index is -0.469. The molecule has 0 saturated heterocycles. The fourth-order valence-corrected chi connectivity index (χ4v) is 3.22. The van der Waals surface area contributed by atoms with Crippen molar-refractivity contribution in [3.8, 4) is 5.75 Å². The minimum absolute atomic E-state index is 0.0732. The molecular weight excluding hydrogens is 382 g/mol. The Morgan fingerprint density at radius 2 is 2.07 bits per heavy atom. The summed E-state index contributed by atoms with van der Waals surface area (Å²) in [7, 11) is 3.19. The number of ketones is 1. The standard InChI is InChI=1S/C20H20ClN3O4/c1-11(24(2)20(27)23-12-4-7-18(25)17(21)8-12)16-10-22-19(26)15-9-13(28-3)5-6-14(15)16/h4-12H,1-3H3,(H,22,26)(H,23,27). The van der Waals surface area contributed by atoms with Gasteiger partial charge in [0, 0.05) is 13.2 Å². The average molecular weight is 402 g/mol. The van der Waals surface area contributed by atoms with Crippen molar-refractivity contribution in [2.75, 3.05) is 14.2 Å². The van der Waals surface area contributed by atoms with Crippen LogP contribution in [0, 0.1) is 0 Å². The fourth-order valence-electron chi connectivity index (χ4n) is 3.02. The first-order valence-electron chi connectivity index (χ1n) is 8.64. The van der Waals surface area contributed by atoms with Gasteiger partial charge >= 0.3 is 6.03 Å². The summed E-state index contributed by atoms with van der Waals surface area (Å²) < 4.78 is 5.19. The largest absolute Gasteiger partial charge is 0.497 e. The van der Waals surface area contributed by atoms with E-state index in [9.17, 15) is 14.4 Å². The summed E-state index contributed by atoms with van der Waals surface area (Å²) in [5.74, 6) is 0.292. The van der Waals surface area contributed by atoms with Crippen LogP contribution in [0.15, 0.2) is 52.5 Å². The lowest BCUT2D eigenvalue weighted by molar-refractivity contribution is -0.110. The molecule has 28 heavy (non-hydrogen) atoms. The number of halogens is 1. The topological polar surface area (TPSA) is 91.5 Å². The number of fused-ring (bicyclic) bond motifs is 1. The Balaban J connectivity index is 1.85. The maximum atomic E-state index is 12.6. The van der Waals surface area contributed by atoms with Crippen molar-refractivity contribution in [2.24, 2.45) is 0 Å². The molecule has 2 N–H and O–H groups in total. The third-order valence-corrected chi connectivity index (χ3v) is 5.11. The van der Waals surface area contributed by atoms with Crippen molar-refractivity contribution >= 4 is 34.2 Å². The van der Waals surface area contributed by atoms with Crippen LogP contribution in [0.4, 0.5) is 4.79 Å². The molecule has 0 radical (unpaired) electrons. The Bertz CT molecular complexity index is 1060. The van der Waals surface area contributed by atoms with E-state index in [-0.39, 0.29) is 28.4 Å². The highest BCUT2D eigenvalue weighted by atomic mass is 35.5. The molecule has 0 aliphatic heterocycles. The van der Waals surface area contributed by atoms with Crippen LogP contribution in [0.1, 0.15) is 18.5 Å². The molecule has 1 aliphatic rings. The number of aromatic nitrogens is 1. The summed E-state index contributed by atoms with van der Waals surface area (Å²) in [5, 5.41) is 4.09. The Morgan fingerprint density at radius 3 is 2.75 bits per heavy atom. The number of allylic oxidation sites excluding steroid dienone is 2. The first-order valence-corrected chi connectivity index (χ1v) is 9.02. The van der Waals surface area contributed by atoms with E-state index < -0.39 is 6.04 Å². The number of pyridine rings is 1. The van der Waals surface area contributed by atoms with E-state index in [4.69, 9.17) is 16.3 Å². The van der Waals surface area contributed by atoms with Crippen LogP contribution in [0.3, 0.4) is 0 Å². The number of benzene rings is 1. The molecule has 2 atom stereocenters. The number of carbonyl (C=O) groups is 2. The van der Waals surface area contributed by atoms with Crippen LogP contribution in [-0.4, -0.2) is 41.9 Å². The molecule has 146 valence electrons. The number of hydrogen-bond donors (Lipinski definition) is 2. The van der Waals surface area contributed by atoms with Crippen molar-refractivity contribution < 1.29 is 14.3 Å². The lowest BCUT2D eigenvalue weighted by atomic mass is 10.0. The van der Waals surface area contributed by atoms with Crippen molar-refractivity contribution in [1.29, 1.82) is 0 Å². The highest BCUT2D eigenvalue weighted by Gasteiger charge is 2.23. The van der Waals surface area contributed by atoms with Crippen LogP contribution >= 0.6 is 11.6 Å². The van der Waals surface area contributed by atoms with Gasteiger partial charge in [-0.3, -0.25) is 9.59 Å². The van der Waals surface area contributed by atoms with Crippen molar-refractivity contribution in [2.45, 2.75) is 19.0 Å². The first kappa shape index (κ1) is 19.7. The minimum Gasteiger partial charge on any atom is -0.497 e. The van der Waals surface area contributed by atoms with Gasteiger partial charge in [0.25, 0.3) is 5.56 Å². The Labute approximate surface area is 166 Å². The van der Waals surface area contributed by atoms with Crippen LogP contribution in [0.25, 0.3) is 10.8 Å². The number of urea groups is 1. The monoisotopic (exact) mass is 401 g/mol. The van der Waals surface area contributed by atoms with Crippen LogP contribution < -0.4 is 15.6 Å². The average Bonchev–Trinajstić information content (AvgIpc) is 2.69.